The van der Waals surface area contributed by atoms with Crippen LogP contribution in [0.25, 0.3) is 5.70 Å². The van der Waals surface area contributed by atoms with E-state index in [9.17, 15) is 8.42 Å². The summed E-state index contributed by atoms with van der Waals surface area (Å²) in [5, 5.41) is 0. The van der Waals surface area contributed by atoms with Crippen molar-refractivity contribution in [3.8, 4) is 0 Å². The molecule has 0 saturated heterocycles. The van der Waals surface area contributed by atoms with Gasteiger partial charge in [-0.25, -0.2) is 8.42 Å². The highest BCUT2D eigenvalue weighted by Gasteiger charge is 2.19. The van der Waals surface area contributed by atoms with Crippen LogP contribution in [0.15, 0.2) is 103 Å². The maximum Gasteiger partial charge on any atom is 0.261 e. The van der Waals surface area contributed by atoms with Gasteiger partial charge in [-0.05, 0) is 55.8 Å². The molecule has 4 rings (SSSR count). The number of nitrogens with one attached hydrogen (secondary N) is 1. The Hall–Kier alpha value is -3.97. The van der Waals surface area contributed by atoms with E-state index in [-0.39, 0.29) is 4.90 Å². The molecule has 0 atom stereocenters. The predicted molar refractivity (Wildman–Crippen MR) is 140 cm³/mol. The van der Waals surface area contributed by atoms with Crippen LogP contribution < -0.4 is 4.72 Å². The summed E-state index contributed by atoms with van der Waals surface area (Å²) >= 11 is 0. The molecular formula is C28H28N4O2S. The van der Waals surface area contributed by atoms with Gasteiger partial charge in [0.1, 0.15) is 0 Å². The van der Waals surface area contributed by atoms with Gasteiger partial charge in [-0.1, -0.05) is 54.6 Å². The van der Waals surface area contributed by atoms with Crippen LogP contribution in [-0.4, -0.2) is 23.3 Å². The van der Waals surface area contributed by atoms with E-state index in [1.165, 1.54) is 0 Å². The van der Waals surface area contributed by atoms with Gasteiger partial charge in [0, 0.05) is 35.9 Å². The van der Waals surface area contributed by atoms with Crippen molar-refractivity contribution in [3.05, 3.63) is 126 Å². The Kier molecular flexibility index (Phi) is 7.27. The van der Waals surface area contributed by atoms with Crippen LogP contribution in [0, 0.1) is 13.8 Å². The maximum absolute atomic E-state index is 13.1. The summed E-state index contributed by atoms with van der Waals surface area (Å²) in [7, 11) is -3.77. The number of hydrogen-bond donors (Lipinski definition) is 1. The zero-order valence-corrected chi connectivity index (χ0v) is 20.7. The van der Waals surface area contributed by atoms with Crippen LogP contribution in [0.5, 0.6) is 0 Å². The third-order valence-electron chi connectivity index (χ3n) is 5.59. The molecule has 6 nitrogen and oxygen atoms in total. The molecule has 4 aromatic rings. The van der Waals surface area contributed by atoms with Gasteiger partial charge in [0.15, 0.2) is 0 Å². The SMILES string of the molecule is C=C(c1ccccc1NS(=O)(=O)c1ccc(C)cc1)N(Cc1cccnc1)Cc1cccc(C)n1. The molecule has 35 heavy (non-hydrogen) atoms. The summed E-state index contributed by atoms with van der Waals surface area (Å²) in [6, 6.07) is 23.9. The largest absolute Gasteiger partial charge is 0.361 e. The van der Waals surface area contributed by atoms with Gasteiger partial charge in [-0.15, -0.1) is 0 Å². The summed E-state index contributed by atoms with van der Waals surface area (Å²) in [5.74, 6) is 0. The normalized spacial score (nSPS) is 11.1. The molecule has 2 aromatic carbocycles. The average molecular weight is 485 g/mol. The number of aryl methyl sites for hydroxylation is 2. The fourth-order valence-electron chi connectivity index (χ4n) is 3.76. The fraction of sp³-hybridized carbons (Fsp3) is 0.143. The zero-order valence-electron chi connectivity index (χ0n) is 19.8. The van der Waals surface area contributed by atoms with Crippen molar-refractivity contribution in [2.24, 2.45) is 0 Å². The van der Waals surface area contributed by atoms with Crippen molar-refractivity contribution in [2.45, 2.75) is 31.8 Å². The second kappa shape index (κ2) is 10.5. The number of anilines is 1. The molecule has 0 aliphatic carbocycles. The summed E-state index contributed by atoms with van der Waals surface area (Å²) in [4.78, 5) is 11.2. The van der Waals surface area contributed by atoms with Crippen molar-refractivity contribution < 1.29 is 8.42 Å². The molecule has 0 amide bonds. The highest BCUT2D eigenvalue weighted by molar-refractivity contribution is 7.92. The van der Waals surface area contributed by atoms with Gasteiger partial charge in [-0.3, -0.25) is 14.7 Å². The van der Waals surface area contributed by atoms with Crippen LogP contribution in [0.2, 0.25) is 0 Å². The van der Waals surface area contributed by atoms with Crippen LogP contribution in [0.4, 0.5) is 5.69 Å². The summed E-state index contributed by atoms with van der Waals surface area (Å²) in [5.41, 5.74) is 5.67. The number of para-hydroxylation sites is 1. The Balaban J connectivity index is 1.67. The smallest absolute Gasteiger partial charge is 0.261 e. The van der Waals surface area contributed by atoms with E-state index in [1.807, 2.05) is 62.5 Å². The van der Waals surface area contributed by atoms with Gasteiger partial charge in [0.2, 0.25) is 0 Å². The van der Waals surface area contributed by atoms with Crippen LogP contribution in [0.3, 0.4) is 0 Å². The van der Waals surface area contributed by atoms with E-state index in [0.29, 0.717) is 30.0 Å². The van der Waals surface area contributed by atoms with Crippen LogP contribution in [-0.2, 0) is 23.1 Å². The van der Waals surface area contributed by atoms with E-state index in [4.69, 9.17) is 0 Å². The molecule has 0 aliphatic rings. The number of hydrogen-bond acceptors (Lipinski definition) is 5. The predicted octanol–water partition coefficient (Wildman–Crippen LogP) is 5.57. The fourth-order valence-corrected chi connectivity index (χ4v) is 4.84. The van der Waals surface area contributed by atoms with Crippen molar-refractivity contribution in [2.75, 3.05) is 4.72 Å². The summed E-state index contributed by atoms with van der Waals surface area (Å²) in [6.45, 7) is 9.29. The third-order valence-corrected chi connectivity index (χ3v) is 6.97. The summed E-state index contributed by atoms with van der Waals surface area (Å²) in [6.07, 6.45) is 3.55. The van der Waals surface area contributed by atoms with Crippen LogP contribution >= 0.6 is 0 Å². The number of sulfonamides is 1. The molecule has 2 aromatic heterocycles. The third kappa shape index (κ3) is 6.13. The minimum Gasteiger partial charge on any atom is -0.361 e. The Morgan fingerprint density at radius 3 is 2.40 bits per heavy atom. The Morgan fingerprint density at radius 1 is 0.914 bits per heavy atom. The maximum atomic E-state index is 13.1. The lowest BCUT2D eigenvalue weighted by Crippen LogP contribution is -2.23. The van der Waals surface area contributed by atoms with Crippen molar-refractivity contribution in [3.63, 3.8) is 0 Å². The topological polar surface area (TPSA) is 75.2 Å². The Labute approximate surface area is 207 Å². The molecule has 1 N–H and O–H groups in total. The van der Waals surface area contributed by atoms with Gasteiger partial charge in [0.25, 0.3) is 10.0 Å². The number of pyridine rings is 2. The second-order valence-electron chi connectivity index (χ2n) is 8.40. The van der Waals surface area contributed by atoms with E-state index in [2.05, 4.69) is 26.2 Å². The van der Waals surface area contributed by atoms with E-state index >= 15 is 0 Å². The van der Waals surface area contributed by atoms with E-state index in [1.54, 1.807) is 42.6 Å². The molecule has 0 fully saturated rings. The lowest BCUT2D eigenvalue weighted by atomic mass is 10.1. The minimum absolute atomic E-state index is 0.208. The van der Waals surface area contributed by atoms with Crippen LogP contribution in [0.1, 0.15) is 28.1 Å². The molecule has 7 heteroatoms. The Morgan fingerprint density at radius 2 is 1.69 bits per heavy atom. The molecule has 0 aliphatic heterocycles. The highest BCUT2D eigenvalue weighted by Crippen LogP contribution is 2.29. The average Bonchev–Trinajstić information content (AvgIpc) is 2.84. The first-order valence-electron chi connectivity index (χ1n) is 11.3. The van der Waals surface area contributed by atoms with Crippen molar-refractivity contribution >= 4 is 21.4 Å². The first-order chi connectivity index (χ1) is 16.8. The quantitative estimate of drug-likeness (QED) is 0.336. The van der Waals surface area contributed by atoms with Gasteiger partial charge in [-0.2, -0.15) is 0 Å². The van der Waals surface area contributed by atoms with Crippen molar-refractivity contribution in [1.82, 2.24) is 14.9 Å². The number of rotatable bonds is 9. The number of nitrogens with zero attached hydrogens (tertiary/aromatic N) is 3. The molecule has 0 radical (unpaired) electrons. The molecule has 0 unspecified atom stereocenters. The molecule has 0 saturated carbocycles. The summed E-state index contributed by atoms with van der Waals surface area (Å²) < 4.78 is 29.0. The zero-order chi connectivity index (χ0) is 24.8. The van der Waals surface area contributed by atoms with E-state index < -0.39 is 10.0 Å². The molecule has 178 valence electrons. The first-order valence-corrected chi connectivity index (χ1v) is 12.7. The number of aromatic nitrogens is 2. The Bertz CT molecular complexity index is 1420. The second-order valence-corrected chi connectivity index (χ2v) is 10.1. The van der Waals surface area contributed by atoms with E-state index in [0.717, 1.165) is 22.5 Å². The number of benzene rings is 2. The van der Waals surface area contributed by atoms with Crippen molar-refractivity contribution in [1.29, 1.82) is 0 Å². The monoisotopic (exact) mass is 484 g/mol. The highest BCUT2D eigenvalue weighted by atomic mass is 32.2. The minimum atomic E-state index is -3.77. The molecule has 0 bridgehead atoms. The lowest BCUT2D eigenvalue weighted by Gasteiger charge is -2.28. The molecule has 2 heterocycles. The lowest BCUT2D eigenvalue weighted by molar-refractivity contribution is 0.379. The first kappa shape index (κ1) is 24.2. The van der Waals surface area contributed by atoms with Gasteiger partial charge in [0.05, 0.1) is 22.8 Å². The van der Waals surface area contributed by atoms with Gasteiger partial charge >= 0.3 is 0 Å². The van der Waals surface area contributed by atoms with Gasteiger partial charge < -0.3 is 4.90 Å². The molecule has 0 spiro atoms. The molecular weight excluding hydrogens is 456 g/mol. The standard InChI is InChI=1S/C28H28N4O2S/c1-21-13-15-26(16-14-21)35(33,34)31-28-12-5-4-11-27(28)23(3)32(19-24-9-7-17-29-18-24)20-25-10-6-8-22(2)30-25/h4-18,31H,3,19-20H2,1-2H3.